The van der Waals surface area contributed by atoms with Crippen molar-refractivity contribution in [3.8, 4) is 0 Å². The number of hydrogen-bond donors (Lipinski definition) is 1. The Bertz CT molecular complexity index is 326. The second kappa shape index (κ2) is 8.62. The third-order valence-corrected chi connectivity index (χ3v) is 4.78. The zero-order chi connectivity index (χ0) is 15.1. The number of ether oxygens (including phenoxy) is 1. The molecule has 2 fully saturated rings. The number of rotatable bonds is 7. The highest BCUT2D eigenvalue weighted by Gasteiger charge is 2.37. The maximum absolute atomic E-state index is 5.44. The summed E-state index contributed by atoms with van der Waals surface area (Å²) in [5.74, 6) is 2.81. The standard InChI is InChI=1S/C17H33N3O/c1-4-6-15-13-16(15)19-17(18-5-2)20(3)10-7-14-8-11-21-12-9-14/h14-16H,4-13H2,1-3H3,(H,18,19). The van der Waals surface area contributed by atoms with Crippen LogP contribution in [-0.2, 0) is 4.74 Å². The zero-order valence-electron chi connectivity index (χ0n) is 14.1. The summed E-state index contributed by atoms with van der Waals surface area (Å²) in [5.41, 5.74) is 0. The van der Waals surface area contributed by atoms with E-state index in [2.05, 4.69) is 36.1 Å². The Kier molecular flexibility index (Phi) is 6.81. The summed E-state index contributed by atoms with van der Waals surface area (Å²) in [6.07, 6.45) is 7.68. The van der Waals surface area contributed by atoms with Gasteiger partial charge >= 0.3 is 0 Å². The lowest BCUT2D eigenvalue weighted by molar-refractivity contribution is 0.0625. The van der Waals surface area contributed by atoms with Gasteiger partial charge in [-0.05, 0) is 50.9 Å². The van der Waals surface area contributed by atoms with E-state index in [-0.39, 0.29) is 0 Å². The van der Waals surface area contributed by atoms with E-state index in [4.69, 9.17) is 4.74 Å². The Balaban J connectivity index is 1.73. The summed E-state index contributed by atoms with van der Waals surface area (Å²) in [7, 11) is 2.18. The van der Waals surface area contributed by atoms with Crippen molar-refractivity contribution in [3.63, 3.8) is 0 Å². The zero-order valence-corrected chi connectivity index (χ0v) is 14.1. The maximum Gasteiger partial charge on any atom is 0.193 e. The summed E-state index contributed by atoms with van der Waals surface area (Å²) >= 11 is 0. The van der Waals surface area contributed by atoms with Crippen LogP contribution in [0.3, 0.4) is 0 Å². The molecule has 2 unspecified atom stereocenters. The maximum atomic E-state index is 5.44. The van der Waals surface area contributed by atoms with E-state index in [1.54, 1.807) is 0 Å². The Morgan fingerprint density at radius 3 is 2.67 bits per heavy atom. The van der Waals surface area contributed by atoms with Gasteiger partial charge in [-0.1, -0.05) is 13.3 Å². The van der Waals surface area contributed by atoms with Crippen LogP contribution < -0.4 is 5.32 Å². The van der Waals surface area contributed by atoms with Crippen LogP contribution in [0.4, 0.5) is 0 Å². The number of hydrogen-bond acceptors (Lipinski definition) is 2. The third-order valence-electron chi connectivity index (χ3n) is 4.78. The van der Waals surface area contributed by atoms with Gasteiger partial charge in [-0.3, -0.25) is 4.99 Å². The fraction of sp³-hybridized carbons (Fsp3) is 0.941. The predicted molar refractivity (Wildman–Crippen MR) is 88.7 cm³/mol. The fourth-order valence-electron chi connectivity index (χ4n) is 3.22. The van der Waals surface area contributed by atoms with Crippen molar-refractivity contribution in [1.29, 1.82) is 0 Å². The Hall–Kier alpha value is -0.770. The van der Waals surface area contributed by atoms with E-state index < -0.39 is 0 Å². The Morgan fingerprint density at radius 2 is 2.00 bits per heavy atom. The van der Waals surface area contributed by atoms with Crippen LogP contribution in [0.15, 0.2) is 4.99 Å². The molecule has 0 aromatic rings. The highest BCUT2D eigenvalue weighted by Crippen LogP contribution is 2.34. The highest BCUT2D eigenvalue weighted by molar-refractivity contribution is 5.80. The monoisotopic (exact) mass is 295 g/mol. The van der Waals surface area contributed by atoms with E-state index in [0.29, 0.717) is 6.04 Å². The van der Waals surface area contributed by atoms with Crippen molar-refractivity contribution >= 4 is 5.96 Å². The minimum absolute atomic E-state index is 0.667. The van der Waals surface area contributed by atoms with E-state index in [9.17, 15) is 0 Å². The number of nitrogens with one attached hydrogen (secondary N) is 1. The first kappa shape index (κ1) is 16.6. The molecule has 2 aliphatic rings. The Morgan fingerprint density at radius 1 is 1.24 bits per heavy atom. The van der Waals surface area contributed by atoms with Crippen LogP contribution >= 0.6 is 0 Å². The summed E-state index contributed by atoms with van der Waals surface area (Å²) in [5, 5.41) is 3.67. The van der Waals surface area contributed by atoms with Crippen molar-refractivity contribution in [2.24, 2.45) is 16.8 Å². The minimum Gasteiger partial charge on any atom is -0.381 e. The average Bonchev–Trinajstić information content (AvgIpc) is 3.24. The van der Waals surface area contributed by atoms with Crippen molar-refractivity contribution in [1.82, 2.24) is 10.2 Å². The molecule has 0 radical (unpaired) electrons. The molecule has 1 aliphatic carbocycles. The van der Waals surface area contributed by atoms with Crippen molar-refractivity contribution in [2.45, 2.75) is 58.4 Å². The lowest BCUT2D eigenvalue weighted by Crippen LogP contribution is -2.41. The molecule has 4 heteroatoms. The molecule has 1 N–H and O–H groups in total. The quantitative estimate of drug-likeness (QED) is 0.579. The van der Waals surface area contributed by atoms with E-state index in [1.165, 1.54) is 38.5 Å². The number of aliphatic imine (C=N–C) groups is 1. The molecule has 1 heterocycles. The summed E-state index contributed by atoms with van der Waals surface area (Å²) in [4.78, 5) is 6.99. The number of guanidine groups is 1. The minimum atomic E-state index is 0.667. The Labute approximate surface area is 130 Å². The molecule has 4 nitrogen and oxygen atoms in total. The third kappa shape index (κ3) is 5.50. The smallest absolute Gasteiger partial charge is 0.193 e. The van der Waals surface area contributed by atoms with Gasteiger partial charge in [-0.25, -0.2) is 0 Å². The molecule has 21 heavy (non-hydrogen) atoms. The van der Waals surface area contributed by atoms with Crippen molar-refractivity contribution < 1.29 is 4.74 Å². The van der Waals surface area contributed by atoms with E-state index >= 15 is 0 Å². The van der Waals surface area contributed by atoms with Gasteiger partial charge in [0.15, 0.2) is 5.96 Å². The first-order chi connectivity index (χ1) is 10.2. The van der Waals surface area contributed by atoms with Crippen molar-refractivity contribution in [2.75, 3.05) is 33.4 Å². The van der Waals surface area contributed by atoms with Gasteiger partial charge in [0, 0.05) is 39.4 Å². The summed E-state index contributed by atoms with van der Waals surface area (Å²) in [6, 6.07) is 0.667. The van der Waals surface area contributed by atoms with Gasteiger partial charge in [0.25, 0.3) is 0 Å². The van der Waals surface area contributed by atoms with Gasteiger partial charge in [-0.2, -0.15) is 0 Å². The van der Waals surface area contributed by atoms with Crippen LogP contribution in [0.2, 0.25) is 0 Å². The molecule has 122 valence electrons. The number of nitrogens with zero attached hydrogens (tertiary/aromatic N) is 2. The molecular formula is C17H33N3O. The lowest BCUT2D eigenvalue weighted by Gasteiger charge is -2.27. The first-order valence-corrected chi connectivity index (χ1v) is 8.84. The van der Waals surface area contributed by atoms with Gasteiger partial charge in [0.1, 0.15) is 0 Å². The second-order valence-corrected chi connectivity index (χ2v) is 6.60. The lowest BCUT2D eigenvalue weighted by atomic mass is 9.96. The van der Waals surface area contributed by atoms with Crippen molar-refractivity contribution in [3.05, 3.63) is 0 Å². The van der Waals surface area contributed by atoms with Gasteiger partial charge in [0.05, 0.1) is 0 Å². The normalized spacial score (nSPS) is 26.7. The second-order valence-electron chi connectivity index (χ2n) is 6.60. The van der Waals surface area contributed by atoms with Gasteiger partial charge in [0.2, 0.25) is 0 Å². The summed E-state index contributed by atoms with van der Waals surface area (Å²) in [6.45, 7) is 8.24. The molecule has 0 amide bonds. The fourth-order valence-corrected chi connectivity index (χ4v) is 3.22. The highest BCUT2D eigenvalue weighted by atomic mass is 16.5. The summed E-state index contributed by atoms with van der Waals surface area (Å²) < 4.78 is 5.44. The molecule has 2 rings (SSSR count). The molecule has 1 saturated heterocycles. The predicted octanol–water partition coefficient (Wildman–Crippen LogP) is 2.89. The average molecular weight is 295 g/mol. The topological polar surface area (TPSA) is 36.9 Å². The first-order valence-electron chi connectivity index (χ1n) is 8.84. The molecule has 0 aromatic heterocycles. The van der Waals surface area contributed by atoms with Gasteiger partial charge < -0.3 is 15.0 Å². The van der Waals surface area contributed by atoms with Crippen LogP contribution in [0, 0.1) is 11.8 Å². The molecule has 0 bridgehead atoms. The molecule has 1 saturated carbocycles. The molecule has 0 spiro atoms. The SMILES string of the molecule is CCCC1CC1NC(=NCC)N(C)CCC1CCOCC1. The molecule has 1 aliphatic heterocycles. The molecular weight excluding hydrogens is 262 g/mol. The van der Waals surface area contributed by atoms with Gasteiger partial charge in [-0.15, -0.1) is 0 Å². The molecule has 0 aromatic carbocycles. The van der Waals surface area contributed by atoms with E-state index in [0.717, 1.165) is 44.1 Å². The molecule has 2 atom stereocenters. The van der Waals surface area contributed by atoms with Crippen LogP contribution in [0.1, 0.15) is 52.4 Å². The van der Waals surface area contributed by atoms with Crippen LogP contribution in [0.25, 0.3) is 0 Å². The van der Waals surface area contributed by atoms with Crippen LogP contribution in [0.5, 0.6) is 0 Å². The van der Waals surface area contributed by atoms with E-state index in [1.807, 2.05) is 0 Å². The van der Waals surface area contributed by atoms with Crippen LogP contribution in [-0.4, -0.2) is 50.3 Å². The largest absolute Gasteiger partial charge is 0.381 e.